The van der Waals surface area contributed by atoms with Crippen molar-refractivity contribution in [1.82, 2.24) is 5.32 Å². The van der Waals surface area contributed by atoms with Crippen LogP contribution in [-0.2, 0) is 9.47 Å². The minimum absolute atomic E-state index is 0.175. The molecule has 3 unspecified atom stereocenters. The average molecular weight is 203 g/mol. The second kappa shape index (κ2) is 8.21. The van der Waals surface area contributed by atoms with Crippen molar-refractivity contribution in [2.24, 2.45) is 0 Å². The summed E-state index contributed by atoms with van der Waals surface area (Å²) in [7, 11) is 1.70. The van der Waals surface area contributed by atoms with Crippen LogP contribution in [0, 0.1) is 0 Å². The first-order valence-corrected chi connectivity index (χ1v) is 5.47. The highest BCUT2D eigenvalue weighted by atomic mass is 16.5. The molecule has 0 aromatic carbocycles. The molecular weight excluding hydrogens is 178 g/mol. The molecule has 0 radical (unpaired) electrons. The minimum atomic E-state index is 0.175. The Morgan fingerprint density at radius 2 is 1.79 bits per heavy atom. The quantitative estimate of drug-likeness (QED) is 0.652. The van der Waals surface area contributed by atoms with E-state index >= 15 is 0 Å². The van der Waals surface area contributed by atoms with Crippen molar-refractivity contribution in [3.05, 3.63) is 0 Å². The molecule has 0 saturated carbocycles. The van der Waals surface area contributed by atoms with Crippen molar-refractivity contribution in [3.8, 4) is 0 Å². The van der Waals surface area contributed by atoms with Crippen molar-refractivity contribution in [1.29, 1.82) is 0 Å². The van der Waals surface area contributed by atoms with Crippen molar-refractivity contribution >= 4 is 0 Å². The van der Waals surface area contributed by atoms with Gasteiger partial charge in [-0.05, 0) is 27.2 Å². The molecule has 0 spiro atoms. The van der Waals surface area contributed by atoms with E-state index in [-0.39, 0.29) is 12.2 Å². The molecule has 0 rings (SSSR count). The van der Waals surface area contributed by atoms with Crippen LogP contribution in [-0.4, -0.2) is 38.5 Å². The Balaban J connectivity index is 3.49. The average Bonchev–Trinajstić information content (AvgIpc) is 2.14. The molecule has 3 heteroatoms. The normalized spacial score (nSPS) is 17.8. The lowest BCUT2D eigenvalue weighted by molar-refractivity contribution is -0.0307. The predicted octanol–water partition coefficient (Wildman–Crippen LogP) is 1.81. The molecule has 3 nitrogen and oxygen atoms in total. The van der Waals surface area contributed by atoms with Gasteiger partial charge in [0.1, 0.15) is 0 Å². The zero-order valence-electron chi connectivity index (χ0n) is 10.2. The Morgan fingerprint density at radius 3 is 2.29 bits per heavy atom. The smallest absolute Gasteiger partial charge is 0.0784 e. The molecule has 0 heterocycles. The van der Waals surface area contributed by atoms with Gasteiger partial charge in [0, 0.05) is 19.7 Å². The van der Waals surface area contributed by atoms with Gasteiger partial charge in [-0.25, -0.2) is 0 Å². The molecule has 0 aromatic rings. The van der Waals surface area contributed by atoms with E-state index in [4.69, 9.17) is 9.47 Å². The second-order valence-electron chi connectivity index (χ2n) is 3.93. The SMILES string of the molecule is CCC(C)NCC(C)OC(C)COC. The summed E-state index contributed by atoms with van der Waals surface area (Å²) in [5.74, 6) is 0. The fourth-order valence-electron chi connectivity index (χ4n) is 1.23. The first-order valence-electron chi connectivity index (χ1n) is 5.47. The first-order chi connectivity index (χ1) is 6.60. The predicted molar refractivity (Wildman–Crippen MR) is 59.6 cm³/mol. The summed E-state index contributed by atoms with van der Waals surface area (Å²) in [5, 5.41) is 3.41. The fourth-order valence-corrected chi connectivity index (χ4v) is 1.23. The molecule has 3 atom stereocenters. The highest BCUT2D eigenvalue weighted by Gasteiger charge is 2.08. The van der Waals surface area contributed by atoms with Crippen LogP contribution in [0.15, 0.2) is 0 Å². The molecule has 1 N–H and O–H groups in total. The van der Waals surface area contributed by atoms with E-state index in [1.807, 2.05) is 6.92 Å². The Bertz CT molecular complexity index is 130. The number of hydrogen-bond donors (Lipinski definition) is 1. The van der Waals surface area contributed by atoms with E-state index in [2.05, 4.69) is 26.1 Å². The van der Waals surface area contributed by atoms with E-state index < -0.39 is 0 Å². The van der Waals surface area contributed by atoms with E-state index in [0.29, 0.717) is 12.6 Å². The van der Waals surface area contributed by atoms with Gasteiger partial charge in [0.15, 0.2) is 0 Å². The summed E-state index contributed by atoms with van der Waals surface area (Å²) in [6.45, 7) is 10.0. The largest absolute Gasteiger partial charge is 0.382 e. The van der Waals surface area contributed by atoms with Crippen LogP contribution in [0.4, 0.5) is 0 Å². The Kier molecular flexibility index (Phi) is 8.14. The van der Waals surface area contributed by atoms with Gasteiger partial charge in [0.05, 0.1) is 18.8 Å². The molecule has 14 heavy (non-hydrogen) atoms. The lowest BCUT2D eigenvalue weighted by Crippen LogP contribution is -2.35. The molecule has 0 aliphatic carbocycles. The first kappa shape index (κ1) is 13.9. The number of ether oxygens (including phenoxy) is 2. The molecule has 0 bridgehead atoms. The van der Waals surface area contributed by atoms with E-state index in [0.717, 1.165) is 13.0 Å². The van der Waals surface area contributed by atoms with Gasteiger partial charge >= 0.3 is 0 Å². The number of methoxy groups -OCH3 is 1. The van der Waals surface area contributed by atoms with Crippen LogP contribution in [0.2, 0.25) is 0 Å². The highest BCUT2D eigenvalue weighted by molar-refractivity contribution is 4.63. The number of hydrogen-bond acceptors (Lipinski definition) is 3. The minimum Gasteiger partial charge on any atom is -0.382 e. The standard InChI is InChI=1S/C11H25NO2/c1-6-9(2)12-7-10(3)14-11(4)8-13-5/h9-12H,6-8H2,1-5H3. The number of nitrogens with one attached hydrogen (secondary N) is 1. The van der Waals surface area contributed by atoms with Gasteiger partial charge in [0.2, 0.25) is 0 Å². The van der Waals surface area contributed by atoms with Crippen molar-refractivity contribution < 1.29 is 9.47 Å². The molecule has 0 aromatic heterocycles. The summed E-state index contributed by atoms with van der Waals surface area (Å²) in [4.78, 5) is 0. The van der Waals surface area contributed by atoms with Gasteiger partial charge in [-0.15, -0.1) is 0 Å². The summed E-state index contributed by atoms with van der Waals surface area (Å²) >= 11 is 0. The Labute approximate surface area is 88.2 Å². The molecule has 0 aliphatic rings. The van der Waals surface area contributed by atoms with E-state index in [9.17, 15) is 0 Å². The molecule has 86 valence electrons. The summed E-state index contributed by atoms with van der Waals surface area (Å²) in [6.07, 6.45) is 1.57. The maximum atomic E-state index is 5.70. The molecule has 0 aliphatic heterocycles. The maximum Gasteiger partial charge on any atom is 0.0784 e. The molecule has 0 fully saturated rings. The van der Waals surface area contributed by atoms with Gasteiger partial charge in [-0.1, -0.05) is 6.92 Å². The zero-order valence-corrected chi connectivity index (χ0v) is 10.2. The lowest BCUT2D eigenvalue weighted by Gasteiger charge is -2.20. The molecular formula is C11H25NO2. The topological polar surface area (TPSA) is 30.5 Å². The lowest BCUT2D eigenvalue weighted by atomic mass is 10.2. The van der Waals surface area contributed by atoms with Crippen LogP contribution in [0.3, 0.4) is 0 Å². The van der Waals surface area contributed by atoms with Gasteiger partial charge in [0.25, 0.3) is 0 Å². The van der Waals surface area contributed by atoms with Gasteiger partial charge in [-0.2, -0.15) is 0 Å². The van der Waals surface area contributed by atoms with Crippen LogP contribution >= 0.6 is 0 Å². The second-order valence-corrected chi connectivity index (χ2v) is 3.93. The monoisotopic (exact) mass is 203 g/mol. The van der Waals surface area contributed by atoms with Crippen molar-refractivity contribution in [2.45, 2.75) is 52.4 Å². The maximum absolute atomic E-state index is 5.70. The molecule has 0 saturated heterocycles. The van der Waals surface area contributed by atoms with Crippen LogP contribution in [0.1, 0.15) is 34.1 Å². The van der Waals surface area contributed by atoms with Gasteiger partial charge < -0.3 is 14.8 Å². The fraction of sp³-hybridized carbons (Fsp3) is 1.00. The zero-order chi connectivity index (χ0) is 11.0. The summed E-state index contributed by atoms with van der Waals surface area (Å²) < 4.78 is 10.7. The Morgan fingerprint density at radius 1 is 1.14 bits per heavy atom. The third-order valence-corrected chi connectivity index (χ3v) is 2.23. The summed E-state index contributed by atoms with van der Waals surface area (Å²) in [6, 6.07) is 0.568. The van der Waals surface area contributed by atoms with Gasteiger partial charge in [-0.3, -0.25) is 0 Å². The Hall–Kier alpha value is -0.120. The third kappa shape index (κ3) is 7.30. The van der Waals surface area contributed by atoms with Crippen LogP contribution in [0.5, 0.6) is 0 Å². The highest BCUT2D eigenvalue weighted by Crippen LogP contribution is 1.98. The van der Waals surface area contributed by atoms with Crippen LogP contribution in [0.25, 0.3) is 0 Å². The molecule has 0 amide bonds. The van der Waals surface area contributed by atoms with Crippen molar-refractivity contribution in [3.63, 3.8) is 0 Å². The van der Waals surface area contributed by atoms with E-state index in [1.54, 1.807) is 7.11 Å². The number of rotatable bonds is 8. The summed E-state index contributed by atoms with van der Waals surface area (Å²) in [5.41, 5.74) is 0. The van der Waals surface area contributed by atoms with E-state index in [1.165, 1.54) is 0 Å². The van der Waals surface area contributed by atoms with Crippen molar-refractivity contribution in [2.75, 3.05) is 20.3 Å². The van der Waals surface area contributed by atoms with Crippen LogP contribution < -0.4 is 5.32 Å². The third-order valence-electron chi connectivity index (χ3n) is 2.23.